The summed E-state index contributed by atoms with van der Waals surface area (Å²) in [5.41, 5.74) is -0.620. The number of urea groups is 1. The van der Waals surface area contributed by atoms with Crippen LogP contribution in [0.3, 0.4) is 0 Å². The van der Waals surface area contributed by atoms with Crippen LogP contribution < -0.4 is 10.6 Å². The Morgan fingerprint density at radius 3 is 2.42 bits per heavy atom. The summed E-state index contributed by atoms with van der Waals surface area (Å²) < 4.78 is 38.3. The average Bonchev–Trinajstić information content (AvgIpc) is 3.36. The second-order valence-electron chi connectivity index (χ2n) is 9.10. The molecular weight excluding hydrogens is 495 g/mol. The number of hydrogen-bond donors (Lipinski definition) is 2. The second kappa shape index (κ2) is 11.3. The van der Waals surface area contributed by atoms with Crippen molar-refractivity contribution in [1.82, 2.24) is 14.8 Å². The smallest absolute Gasteiger partial charge is 0.327 e. The molecule has 2 aliphatic rings. The van der Waals surface area contributed by atoms with E-state index in [0.29, 0.717) is 17.5 Å². The molecule has 0 bridgehead atoms. The highest BCUT2D eigenvalue weighted by Gasteiger charge is 2.37. The first-order valence-corrected chi connectivity index (χ1v) is 12.8. The molecule has 0 unspecified atom stereocenters. The van der Waals surface area contributed by atoms with Crippen LogP contribution in [0.1, 0.15) is 44.1 Å². The Labute approximate surface area is 210 Å². The van der Waals surface area contributed by atoms with E-state index in [2.05, 4.69) is 15.6 Å². The Bertz CT molecular complexity index is 1060. The van der Waals surface area contributed by atoms with Crippen molar-refractivity contribution in [2.45, 2.75) is 50.7 Å². The number of nitrogens with one attached hydrogen (secondary N) is 2. The highest BCUT2D eigenvalue weighted by molar-refractivity contribution is 7.13. The summed E-state index contributed by atoms with van der Waals surface area (Å²) in [6.07, 6.45) is 3.11. The van der Waals surface area contributed by atoms with Gasteiger partial charge in [0.1, 0.15) is 12.6 Å². The van der Waals surface area contributed by atoms with Crippen molar-refractivity contribution < 1.29 is 27.6 Å². The Morgan fingerprint density at radius 2 is 1.81 bits per heavy atom. The van der Waals surface area contributed by atoms with Gasteiger partial charge in [-0.3, -0.25) is 9.59 Å². The summed E-state index contributed by atoms with van der Waals surface area (Å²) in [5, 5.41) is 7.57. The zero-order valence-corrected chi connectivity index (χ0v) is 20.4. The minimum atomic E-state index is -4.47. The maximum Gasteiger partial charge on any atom is 0.416 e. The highest BCUT2D eigenvalue weighted by atomic mass is 32.1. The third kappa shape index (κ3) is 6.54. The van der Waals surface area contributed by atoms with E-state index >= 15 is 0 Å². The average molecular weight is 524 g/mol. The van der Waals surface area contributed by atoms with Crippen molar-refractivity contribution in [3.8, 4) is 0 Å². The van der Waals surface area contributed by atoms with Crippen LogP contribution >= 0.6 is 11.3 Å². The number of nitrogens with zero attached hydrogens (tertiary/aromatic N) is 3. The minimum Gasteiger partial charge on any atom is -0.327 e. The molecule has 4 amide bonds. The predicted molar refractivity (Wildman–Crippen MR) is 129 cm³/mol. The largest absolute Gasteiger partial charge is 0.416 e. The van der Waals surface area contributed by atoms with Gasteiger partial charge < -0.3 is 20.4 Å². The van der Waals surface area contributed by atoms with E-state index in [1.165, 1.54) is 34.8 Å². The fraction of sp³-hybridized carbons (Fsp3) is 0.500. The summed E-state index contributed by atoms with van der Waals surface area (Å²) in [6.45, 7) is 0.157. The molecular formula is C24H28F3N5O3S. The number of piperazine rings is 1. The summed E-state index contributed by atoms with van der Waals surface area (Å²) in [7, 11) is 0. The first-order chi connectivity index (χ1) is 17.2. The Balaban J connectivity index is 1.39. The van der Waals surface area contributed by atoms with Gasteiger partial charge in [0.15, 0.2) is 5.13 Å². The minimum absolute atomic E-state index is 0.182. The monoisotopic (exact) mass is 523 g/mol. The van der Waals surface area contributed by atoms with Crippen LogP contribution in [-0.4, -0.2) is 58.3 Å². The number of thiazole rings is 1. The Hall–Kier alpha value is -3.15. The van der Waals surface area contributed by atoms with Crippen molar-refractivity contribution in [2.75, 3.05) is 30.3 Å². The van der Waals surface area contributed by atoms with Gasteiger partial charge in [0.25, 0.3) is 0 Å². The number of amides is 4. The fourth-order valence-corrected chi connectivity index (χ4v) is 5.25. The lowest BCUT2D eigenvalue weighted by molar-refractivity contribution is -0.142. The molecule has 12 heteroatoms. The first-order valence-electron chi connectivity index (χ1n) is 11.9. The van der Waals surface area contributed by atoms with Gasteiger partial charge in [0.2, 0.25) is 11.8 Å². The van der Waals surface area contributed by atoms with Crippen LogP contribution in [0.5, 0.6) is 0 Å². The van der Waals surface area contributed by atoms with Crippen molar-refractivity contribution in [2.24, 2.45) is 5.92 Å². The van der Waals surface area contributed by atoms with Gasteiger partial charge in [-0.2, -0.15) is 13.2 Å². The van der Waals surface area contributed by atoms with Crippen LogP contribution in [0.2, 0.25) is 0 Å². The molecule has 1 atom stereocenters. The lowest BCUT2D eigenvalue weighted by Gasteiger charge is -2.39. The van der Waals surface area contributed by atoms with E-state index in [4.69, 9.17) is 0 Å². The first kappa shape index (κ1) is 25.9. The molecule has 1 aromatic carbocycles. The number of aromatic nitrogens is 1. The standard InChI is InChI=1S/C24H28F3N5O3S/c25-24(26,27)17-6-8-18(9-7-17)29-23(35)31-11-12-32(20(33)15-31)19(14-16-4-2-1-3-5-16)21(34)30-22-28-10-13-36-22/h6-10,13,16,19H,1-5,11-12,14-15H2,(H,29,35)(H,28,30,34)/t19-/m0/s1. The van der Waals surface area contributed by atoms with Crippen molar-refractivity contribution in [3.63, 3.8) is 0 Å². The third-order valence-electron chi connectivity index (χ3n) is 6.63. The van der Waals surface area contributed by atoms with Crippen molar-refractivity contribution in [3.05, 3.63) is 41.4 Å². The number of carbonyl (C=O) groups is 3. The number of halogens is 3. The van der Waals surface area contributed by atoms with Gasteiger partial charge in [-0.1, -0.05) is 32.1 Å². The van der Waals surface area contributed by atoms with Crippen LogP contribution in [0.4, 0.5) is 28.8 Å². The number of hydrogen-bond acceptors (Lipinski definition) is 5. The molecule has 1 saturated carbocycles. The lowest BCUT2D eigenvalue weighted by atomic mass is 9.84. The second-order valence-corrected chi connectivity index (χ2v) is 9.99. The summed E-state index contributed by atoms with van der Waals surface area (Å²) in [4.78, 5) is 45.9. The highest BCUT2D eigenvalue weighted by Crippen LogP contribution is 2.31. The van der Waals surface area contributed by atoms with E-state index in [9.17, 15) is 27.6 Å². The summed E-state index contributed by atoms with van der Waals surface area (Å²) in [6, 6.07) is 2.86. The normalized spacial score (nSPS) is 18.1. The van der Waals surface area contributed by atoms with Gasteiger partial charge in [0, 0.05) is 30.4 Å². The molecule has 4 rings (SSSR count). The molecule has 1 aromatic heterocycles. The molecule has 8 nitrogen and oxygen atoms in total. The molecule has 194 valence electrons. The van der Waals surface area contributed by atoms with Crippen LogP contribution in [0.25, 0.3) is 0 Å². The molecule has 2 heterocycles. The van der Waals surface area contributed by atoms with E-state index in [-0.39, 0.29) is 37.1 Å². The third-order valence-corrected chi connectivity index (χ3v) is 7.32. The number of rotatable bonds is 6. The van der Waals surface area contributed by atoms with E-state index in [1.807, 2.05) is 0 Å². The quantitative estimate of drug-likeness (QED) is 0.568. The van der Waals surface area contributed by atoms with Gasteiger partial charge in [-0.05, 0) is 36.6 Å². The fourth-order valence-electron chi connectivity index (χ4n) is 4.72. The zero-order chi connectivity index (χ0) is 25.7. The molecule has 2 aromatic rings. The van der Waals surface area contributed by atoms with Crippen LogP contribution in [0, 0.1) is 5.92 Å². The van der Waals surface area contributed by atoms with Gasteiger partial charge in [0.05, 0.1) is 5.56 Å². The molecule has 0 spiro atoms. The Morgan fingerprint density at radius 1 is 1.08 bits per heavy atom. The molecule has 1 aliphatic carbocycles. The molecule has 2 N–H and O–H groups in total. The predicted octanol–water partition coefficient (Wildman–Crippen LogP) is 4.82. The molecule has 2 fully saturated rings. The topological polar surface area (TPSA) is 94.6 Å². The van der Waals surface area contributed by atoms with Crippen LogP contribution in [0.15, 0.2) is 35.8 Å². The number of alkyl halides is 3. The molecule has 0 radical (unpaired) electrons. The molecule has 1 saturated heterocycles. The number of anilines is 2. The lowest BCUT2D eigenvalue weighted by Crippen LogP contribution is -2.59. The van der Waals surface area contributed by atoms with E-state index < -0.39 is 23.8 Å². The molecule has 1 aliphatic heterocycles. The van der Waals surface area contributed by atoms with Gasteiger partial charge in [-0.25, -0.2) is 9.78 Å². The number of benzene rings is 1. The van der Waals surface area contributed by atoms with Crippen LogP contribution in [-0.2, 0) is 15.8 Å². The molecule has 36 heavy (non-hydrogen) atoms. The van der Waals surface area contributed by atoms with Gasteiger partial charge in [-0.15, -0.1) is 11.3 Å². The Kier molecular flexibility index (Phi) is 8.12. The summed E-state index contributed by atoms with van der Waals surface area (Å²) >= 11 is 1.30. The maximum absolute atomic E-state index is 13.2. The van der Waals surface area contributed by atoms with Crippen molar-refractivity contribution >= 4 is 40.0 Å². The van der Waals surface area contributed by atoms with Crippen molar-refractivity contribution in [1.29, 1.82) is 0 Å². The summed E-state index contributed by atoms with van der Waals surface area (Å²) in [5.74, 6) is -0.287. The SMILES string of the molecule is O=C(Nc1nccs1)[C@H](CC1CCCCC1)N1CCN(C(=O)Nc2ccc(C(F)(F)F)cc2)CC1=O. The van der Waals surface area contributed by atoms with E-state index in [0.717, 1.165) is 37.8 Å². The zero-order valence-electron chi connectivity index (χ0n) is 19.6. The number of carbonyl (C=O) groups excluding carboxylic acids is 3. The maximum atomic E-state index is 13.2. The van der Waals surface area contributed by atoms with E-state index in [1.54, 1.807) is 16.5 Å². The van der Waals surface area contributed by atoms with Gasteiger partial charge >= 0.3 is 12.2 Å².